The van der Waals surface area contributed by atoms with E-state index in [0.29, 0.717) is 6.04 Å². The van der Waals surface area contributed by atoms with Crippen LogP contribution in [0.4, 0.5) is 0 Å². The molecule has 0 aromatic heterocycles. The fourth-order valence-electron chi connectivity index (χ4n) is 0.909. The highest BCUT2D eigenvalue weighted by Crippen LogP contribution is 2.32. The lowest BCUT2D eigenvalue weighted by Gasteiger charge is -2.03. The highest BCUT2D eigenvalue weighted by Gasteiger charge is 2.26. The molecule has 0 aromatic carbocycles. The molecule has 2 N–H and O–H groups in total. The van der Waals surface area contributed by atoms with Crippen molar-refractivity contribution < 1.29 is 0 Å². The van der Waals surface area contributed by atoms with E-state index in [1.54, 1.807) is 0 Å². The van der Waals surface area contributed by atoms with Crippen molar-refractivity contribution in [3.8, 4) is 0 Å². The highest BCUT2D eigenvalue weighted by atomic mass is 35.5. The zero-order valence-corrected chi connectivity index (χ0v) is 6.36. The van der Waals surface area contributed by atoms with E-state index in [0.717, 1.165) is 12.3 Å². The Bertz CT molecular complexity index is 88.9. The molecule has 54 valence electrons. The summed E-state index contributed by atoms with van der Waals surface area (Å²) in [7, 11) is 0. The Morgan fingerprint density at radius 2 is 2.22 bits per heavy atom. The van der Waals surface area contributed by atoms with Gasteiger partial charge in [-0.3, -0.25) is 0 Å². The molecule has 0 unspecified atom stereocenters. The molecule has 0 spiro atoms. The van der Waals surface area contributed by atoms with E-state index in [-0.39, 0.29) is 12.4 Å². The number of rotatable bonds is 3. The molecule has 1 rings (SSSR count). The predicted molar refractivity (Wildman–Crippen MR) is 42.8 cm³/mol. The average Bonchev–Trinajstić information content (AvgIpc) is 2.45. The second kappa shape index (κ2) is 3.91. The molecular formula is C7H14ClN. The second-order valence-electron chi connectivity index (χ2n) is 2.53. The molecule has 0 heterocycles. The molecule has 1 aliphatic rings. The molecule has 0 saturated heterocycles. The summed E-state index contributed by atoms with van der Waals surface area (Å²) in [4.78, 5) is 0. The summed E-state index contributed by atoms with van der Waals surface area (Å²) in [6.45, 7) is 3.63. The van der Waals surface area contributed by atoms with Crippen LogP contribution in [-0.4, -0.2) is 6.04 Å². The fourth-order valence-corrected chi connectivity index (χ4v) is 0.909. The van der Waals surface area contributed by atoms with E-state index in [4.69, 9.17) is 5.73 Å². The van der Waals surface area contributed by atoms with E-state index in [1.165, 1.54) is 12.8 Å². The summed E-state index contributed by atoms with van der Waals surface area (Å²) in [6, 6.07) is 0.410. The topological polar surface area (TPSA) is 26.0 Å². The maximum Gasteiger partial charge on any atom is 0.0102 e. The third-order valence-corrected chi connectivity index (χ3v) is 1.67. The monoisotopic (exact) mass is 147 g/mol. The third kappa shape index (κ3) is 2.87. The maximum absolute atomic E-state index is 5.72. The Morgan fingerprint density at radius 1 is 1.67 bits per heavy atom. The molecule has 0 aromatic rings. The first kappa shape index (κ1) is 8.99. The lowest BCUT2D eigenvalue weighted by atomic mass is 10.1. The van der Waals surface area contributed by atoms with Gasteiger partial charge in [0.15, 0.2) is 0 Å². The van der Waals surface area contributed by atoms with Crippen molar-refractivity contribution >= 4 is 12.4 Å². The molecule has 1 fully saturated rings. The van der Waals surface area contributed by atoms with Gasteiger partial charge in [-0.1, -0.05) is 6.08 Å². The standard InChI is InChI=1S/C7H13N.ClH/c1-2-3-7(8)6-4-5-6;/h2,6-7H,1,3-5,8H2;1H/t7-;/m1./s1. The van der Waals surface area contributed by atoms with Gasteiger partial charge in [0.2, 0.25) is 0 Å². The minimum absolute atomic E-state index is 0. The van der Waals surface area contributed by atoms with Crippen molar-refractivity contribution in [2.24, 2.45) is 11.7 Å². The van der Waals surface area contributed by atoms with Gasteiger partial charge in [-0.2, -0.15) is 0 Å². The van der Waals surface area contributed by atoms with Gasteiger partial charge in [-0.05, 0) is 25.2 Å². The quantitative estimate of drug-likeness (QED) is 0.605. The minimum Gasteiger partial charge on any atom is -0.327 e. The second-order valence-corrected chi connectivity index (χ2v) is 2.53. The number of halogens is 1. The lowest BCUT2D eigenvalue weighted by molar-refractivity contribution is 0.603. The van der Waals surface area contributed by atoms with Gasteiger partial charge < -0.3 is 5.73 Å². The van der Waals surface area contributed by atoms with Crippen LogP contribution in [0.3, 0.4) is 0 Å². The van der Waals surface area contributed by atoms with Crippen LogP contribution in [0.1, 0.15) is 19.3 Å². The van der Waals surface area contributed by atoms with Crippen LogP contribution in [-0.2, 0) is 0 Å². The Kier molecular flexibility index (Phi) is 3.91. The zero-order valence-electron chi connectivity index (χ0n) is 5.55. The van der Waals surface area contributed by atoms with Gasteiger partial charge in [0.1, 0.15) is 0 Å². The van der Waals surface area contributed by atoms with Crippen LogP contribution in [0.15, 0.2) is 12.7 Å². The molecule has 1 atom stereocenters. The van der Waals surface area contributed by atoms with E-state index in [1.807, 2.05) is 6.08 Å². The minimum atomic E-state index is 0. The van der Waals surface area contributed by atoms with E-state index in [2.05, 4.69) is 6.58 Å². The van der Waals surface area contributed by atoms with Crippen LogP contribution in [0, 0.1) is 5.92 Å². The summed E-state index contributed by atoms with van der Waals surface area (Å²) in [5.41, 5.74) is 5.72. The first-order valence-corrected chi connectivity index (χ1v) is 3.21. The van der Waals surface area contributed by atoms with Crippen LogP contribution in [0.5, 0.6) is 0 Å². The fraction of sp³-hybridized carbons (Fsp3) is 0.714. The Labute approximate surface area is 62.7 Å². The highest BCUT2D eigenvalue weighted by molar-refractivity contribution is 5.85. The average molecular weight is 148 g/mol. The molecule has 2 heteroatoms. The van der Waals surface area contributed by atoms with E-state index >= 15 is 0 Å². The molecule has 1 aliphatic carbocycles. The molecule has 0 radical (unpaired) electrons. The van der Waals surface area contributed by atoms with Crippen LogP contribution >= 0.6 is 12.4 Å². The van der Waals surface area contributed by atoms with Crippen molar-refractivity contribution in [1.29, 1.82) is 0 Å². The third-order valence-electron chi connectivity index (χ3n) is 1.67. The number of hydrogen-bond acceptors (Lipinski definition) is 1. The first-order valence-electron chi connectivity index (χ1n) is 3.21. The van der Waals surface area contributed by atoms with Gasteiger partial charge in [0, 0.05) is 6.04 Å². The molecule has 0 aliphatic heterocycles. The molecule has 1 nitrogen and oxygen atoms in total. The largest absolute Gasteiger partial charge is 0.327 e. The number of hydrogen-bond donors (Lipinski definition) is 1. The van der Waals surface area contributed by atoms with Crippen LogP contribution < -0.4 is 5.73 Å². The summed E-state index contributed by atoms with van der Waals surface area (Å²) in [5, 5.41) is 0. The normalized spacial score (nSPS) is 20.1. The SMILES string of the molecule is C=CC[C@@H](N)C1CC1.Cl. The zero-order chi connectivity index (χ0) is 5.98. The smallest absolute Gasteiger partial charge is 0.0102 e. The van der Waals surface area contributed by atoms with Gasteiger partial charge >= 0.3 is 0 Å². The van der Waals surface area contributed by atoms with Gasteiger partial charge in [-0.25, -0.2) is 0 Å². The van der Waals surface area contributed by atoms with Gasteiger partial charge in [0.25, 0.3) is 0 Å². The summed E-state index contributed by atoms with van der Waals surface area (Å²) in [6.07, 6.45) is 5.58. The lowest BCUT2D eigenvalue weighted by Crippen LogP contribution is -2.20. The van der Waals surface area contributed by atoms with Crippen molar-refractivity contribution in [1.82, 2.24) is 0 Å². The predicted octanol–water partition coefficient (Wildman–Crippen LogP) is 1.72. The summed E-state index contributed by atoms with van der Waals surface area (Å²) >= 11 is 0. The molecule has 9 heavy (non-hydrogen) atoms. The Morgan fingerprint density at radius 3 is 2.56 bits per heavy atom. The molecular weight excluding hydrogens is 134 g/mol. The Hall–Kier alpha value is -0.0100. The summed E-state index contributed by atoms with van der Waals surface area (Å²) in [5.74, 6) is 0.827. The van der Waals surface area contributed by atoms with E-state index in [9.17, 15) is 0 Å². The molecule has 1 saturated carbocycles. The molecule has 0 bridgehead atoms. The number of nitrogens with two attached hydrogens (primary N) is 1. The van der Waals surface area contributed by atoms with Crippen molar-refractivity contribution in [2.45, 2.75) is 25.3 Å². The van der Waals surface area contributed by atoms with Crippen molar-refractivity contribution in [2.75, 3.05) is 0 Å². The van der Waals surface area contributed by atoms with Crippen molar-refractivity contribution in [3.63, 3.8) is 0 Å². The molecule has 0 amide bonds. The summed E-state index contributed by atoms with van der Waals surface area (Å²) < 4.78 is 0. The van der Waals surface area contributed by atoms with Crippen LogP contribution in [0.25, 0.3) is 0 Å². The van der Waals surface area contributed by atoms with Gasteiger partial charge in [0.05, 0.1) is 0 Å². The van der Waals surface area contributed by atoms with Crippen LogP contribution in [0.2, 0.25) is 0 Å². The van der Waals surface area contributed by atoms with Gasteiger partial charge in [-0.15, -0.1) is 19.0 Å². The first-order chi connectivity index (χ1) is 3.84. The maximum atomic E-state index is 5.72. The van der Waals surface area contributed by atoms with E-state index < -0.39 is 0 Å². The van der Waals surface area contributed by atoms with Crippen molar-refractivity contribution in [3.05, 3.63) is 12.7 Å². The Balaban J connectivity index is 0.000000640.